The fourth-order valence-corrected chi connectivity index (χ4v) is 5.56. The Morgan fingerprint density at radius 1 is 0.971 bits per heavy atom. The van der Waals surface area contributed by atoms with E-state index in [4.69, 9.17) is 23.2 Å². The third-order valence-corrected chi connectivity index (χ3v) is 7.44. The first-order chi connectivity index (χ1) is 16.4. The summed E-state index contributed by atoms with van der Waals surface area (Å²) >= 11 is 12.1. The number of rotatable bonds is 3. The molecule has 34 heavy (non-hydrogen) atoms. The summed E-state index contributed by atoms with van der Waals surface area (Å²) in [6.07, 6.45) is 0.417. The van der Waals surface area contributed by atoms with Gasteiger partial charge in [-0.3, -0.25) is 0 Å². The third-order valence-electron chi connectivity index (χ3n) is 6.95. The number of carbonyl (C=O) groups excluding carboxylic acids is 1. The maximum Gasteiger partial charge on any atom is 0.321 e. The number of hydrogen-bond donors (Lipinski definition) is 2. The average molecular weight is 500 g/mol. The van der Waals surface area contributed by atoms with Gasteiger partial charge in [-0.2, -0.15) is 0 Å². The summed E-state index contributed by atoms with van der Waals surface area (Å²) in [4.78, 5) is 16.4. The van der Waals surface area contributed by atoms with Crippen LogP contribution in [-0.4, -0.2) is 35.4 Å². The molecule has 2 unspecified atom stereocenters. The van der Waals surface area contributed by atoms with Crippen LogP contribution in [0.5, 0.6) is 0 Å². The van der Waals surface area contributed by atoms with Crippen molar-refractivity contribution in [3.63, 3.8) is 0 Å². The number of urea groups is 1. The Morgan fingerprint density at radius 2 is 1.68 bits per heavy atom. The zero-order valence-electron chi connectivity index (χ0n) is 18.3. The van der Waals surface area contributed by atoms with Crippen LogP contribution in [0.4, 0.5) is 20.6 Å². The van der Waals surface area contributed by atoms with Crippen molar-refractivity contribution in [2.24, 2.45) is 5.41 Å². The molecule has 0 aromatic heterocycles. The number of nitrogens with zero attached hydrogens (tertiary/aromatic N) is 2. The van der Waals surface area contributed by atoms with Gasteiger partial charge in [0.05, 0.1) is 6.04 Å². The molecule has 2 amide bonds. The molecular formula is C26H24Cl2FN3O2. The van der Waals surface area contributed by atoms with Crippen molar-refractivity contribution in [1.82, 2.24) is 4.90 Å². The monoisotopic (exact) mass is 499 g/mol. The first-order valence-corrected chi connectivity index (χ1v) is 11.9. The van der Waals surface area contributed by atoms with E-state index in [1.165, 1.54) is 12.1 Å². The van der Waals surface area contributed by atoms with Crippen LogP contribution in [0.15, 0.2) is 72.8 Å². The van der Waals surface area contributed by atoms with E-state index in [9.17, 15) is 14.3 Å². The summed E-state index contributed by atoms with van der Waals surface area (Å²) in [6, 6.07) is 20.5. The zero-order valence-corrected chi connectivity index (χ0v) is 19.8. The molecule has 2 atom stereocenters. The molecule has 2 aliphatic rings. The molecule has 3 aromatic rings. The summed E-state index contributed by atoms with van der Waals surface area (Å²) in [6.45, 7) is 0.981. The van der Waals surface area contributed by atoms with E-state index >= 15 is 0 Å². The van der Waals surface area contributed by atoms with Gasteiger partial charge in [-0.1, -0.05) is 47.5 Å². The van der Waals surface area contributed by atoms with Crippen LogP contribution in [0, 0.1) is 11.2 Å². The number of aliphatic hydroxyl groups is 1. The Morgan fingerprint density at radius 3 is 2.35 bits per heavy atom. The molecule has 2 fully saturated rings. The molecule has 8 heteroatoms. The standard InChI is InChI=1S/C26H24Cl2FN3O2/c27-18-9-7-17(8-10-18)23-26(24(33)32(23)22-6-2-4-20(29)16-22)11-13-31(14-12-26)25(34)30-21-5-1-3-19(28)15-21/h1-10,15-16,23-24,33H,11-14H2,(H,30,34). The summed E-state index contributed by atoms with van der Waals surface area (Å²) < 4.78 is 14.0. The van der Waals surface area contributed by atoms with Crippen LogP contribution in [0.1, 0.15) is 24.4 Å². The molecule has 2 N–H and O–H groups in total. The van der Waals surface area contributed by atoms with Gasteiger partial charge in [0.15, 0.2) is 0 Å². The first kappa shape index (κ1) is 23.0. The van der Waals surface area contributed by atoms with Crippen molar-refractivity contribution in [1.29, 1.82) is 0 Å². The number of nitrogens with one attached hydrogen (secondary N) is 1. The van der Waals surface area contributed by atoms with Crippen molar-refractivity contribution in [3.05, 3.63) is 94.2 Å². The van der Waals surface area contributed by atoms with Gasteiger partial charge in [0, 0.05) is 39.9 Å². The van der Waals surface area contributed by atoms with E-state index in [2.05, 4.69) is 5.32 Å². The van der Waals surface area contributed by atoms with Crippen LogP contribution < -0.4 is 10.2 Å². The summed E-state index contributed by atoms with van der Waals surface area (Å²) in [5.74, 6) is -0.354. The summed E-state index contributed by atoms with van der Waals surface area (Å²) in [5.41, 5.74) is 1.79. The van der Waals surface area contributed by atoms with Crippen molar-refractivity contribution < 1.29 is 14.3 Å². The van der Waals surface area contributed by atoms with Crippen molar-refractivity contribution >= 4 is 40.6 Å². The van der Waals surface area contributed by atoms with Crippen LogP contribution in [0.3, 0.4) is 0 Å². The second-order valence-corrected chi connectivity index (χ2v) is 9.75. The average Bonchev–Trinajstić information content (AvgIpc) is 2.83. The number of benzene rings is 3. The summed E-state index contributed by atoms with van der Waals surface area (Å²) in [7, 11) is 0. The maximum absolute atomic E-state index is 14.0. The highest BCUT2D eigenvalue weighted by molar-refractivity contribution is 6.31. The van der Waals surface area contributed by atoms with E-state index < -0.39 is 11.6 Å². The number of carbonyl (C=O) groups is 1. The lowest BCUT2D eigenvalue weighted by molar-refractivity contribution is -0.111. The second-order valence-electron chi connectivity index (χ2n) is 8.88. The number of amides is 2. The topological polar surface area (TPSA) is 55.8 Å². The molecule has 0 saturated carbocycles. The largest absolute Gasteiger partial charge is 0.373 e. The SMILES string of the molecule is O=C(Nc1cccc(Cl)c1)N1CCC2(CC1)C(O)N(c1cccc(F)c1)C2c1ccc(Cl)cc1. The van der Waals surface area contributed by atoms with E-state index in [-0.39, 0.29) is 17.9 Å². The van der Waals surface area contributed by atoms with Gasteiger partial charge in [0.25, 0.3) is 0 Å². The minimum atomic E-state index is -0.798. The van der Waals surface area contributed by atoms with Crippen molar-refractivity contribution in [2.45, 2.75) is 25.1 Å². The van der Waals surface area contributed by atoms with Crippen molar-refractivity contribution in [3.8, 4) is 0 Å². The zero-order chi connectivity index (χ0) is 23.9. The molecule has 0 radical (unpaired) electrons. The normalized spacial score (nSPS) is 21.3. The molecule has 2 heterocycles. The quantitative estimate of drug-likeness (QED) is 0.442. The molecular weight excluding hydrogens is 476 g/mol. The minimum absolute atomic E-state index is 0.167. The lowest BCUT2D eigenvalue weighted by Gasteiger charge is -2.64. The molecule has 5 nitrogen and oxygen atoms in total. The fraction of sp³-hybridized carbons (Fsp3) is 0.269. The lowest BCUT2D eigenvalue weighted by Crippen LogP contribution is -2.69. The van der Waals surface area contributed by atoms with Gasteiger partial charge in [0.1, 0.15) is 12.0 Å². The van der Waals surface area contributed by atoms with Gasteiger partial charge in [-0.15, -0.1) is 0 Å². The van der Waals surface area contributed by atoms with Gasteiger partial charge in [-0.25, -0.2) is 9.18 Å². The number of halogens is 3. The van der Waals surface area contributed by atoms with Crippen LogP contribution in [-0.2, 0) is 0 Å². The highest BCUT2D eigenvalue weighted by atomic mass is 35.5. The van der Waals surface area contributed by atoms with Crippen LogP contribution in [0.25, 0.3) is 0 Å². The number of aliphatic hydroxyl groups excluding tert-OH is 1. The third kappa shape index (κ3) is 4.11. The fourth-order valence-electron chi connectivity index (χ4n) is 5.25. The Labute approximate surface area is 207 Å². The van der Waals surface area contributed by atoms with Crippen LogP contribution >= 0.6 is 23.2 Å². The van der Waals surface area contributed by atoms with E-state index in [0.29, 0.717) is 47.4 Å². The smallest absolute Gasteiger partial charge is 0.321 e. The molecule has 5 rings (SSSR count). The summed E-state index contributed by atoms with van der Waals surface area (Å²) in [5, 5.41) is 15.4. The molecule has 0 aliphatic carbocycles. The lowest BCUT2D eigenvalue weighted by atomic mass is 9.61. The van der Waals surface area contributed by atoms with Crippen LogP contribution in [0.2, 0.25) is 10.0 Å². The number of piperidine rings is 1. The van der Waals surface area contributed by atoms with E-state index in [0.717, 1.165) is 5.56 Å². The Hall–Kier alpha value is -2.80. The van der Waals surface area contributed by atoms with Crippen molar-refractivity contribution in [2.75, 3.05) is 23.3 Å². The van der Waals surface area contributed by atoms with Gasteiger partial charge >= 0.3 is 6.03 Å². The second kappa shape index (κ2) is 9.10. The Balaban J connectivity index is 1.37. The number of likely N-dealkylation sites (tertiary alicyclic amines) is 1. The van der Waals surface area contributed by atoms with E-state index in [1.54, 1.807) is 41.3 Å². The Kier molecular flexibility index (Phi) is 6.15. The molecule has 0 bridgehead atoms. The predicted octanol–water partition coefficient (Wildman–Crippen LogP) is 6.33. The molecule has 2 aliphatic heterocycles. The van der Waals surface area contributed by atoms with Gasteiger partial charge in [0.2, 0.25) is 0 Å². The highest BCUT2D eigenvalue weighted by Crippen LogP contribution is 2.60. The molecule has 176 valence electrons. The molecule has 1 spiro atoms. The maximum atomic E-state index is 14.0. The van der Waals surface area contributed by atoms with Gasteiger partial charge in [-0.05, 0) is 66.9 Å². The number of anilines is 2. The Bertz CT molecular complexity index is 1200. The minimum Gasteiger partial charge on any atom is -0.373 e. The number of hydrogen-bond acceptors (Lipinski definition) is 3. The van der Waals surface area contributed by atoms with Gasteiger partial charge < -0.3 is 20.2 Å². The highest BCUT2D eigenvalue weighted by Gasteiger charge is 2.61. The molecule has 2 saturated heterocycles. The van der Waals surface area contributed by atoms with E-state index in [1.807, 2.05) is 29.2 Å². The predicted molar refractivity (Wildman–Crippen MR) is 133 cm³/mol. The molecule has 3 aromatic carbocycles. The first-order valence-electron chi connectivity index (χ1n) is 11.2.